The topological polar surface area (TPSA) is 41.3 Å². The molecule has 0 amide bonds. The molecule has 2 aromatic rings. The maximum atomic E-state index is 12.9. The number of anilines is 2. The lowest BCUT2D eigenvalue weighted by molar-refractivity contribution is -0.168. The van der Waals surface area contributed by atoms with Gasteiger partial charge in [-0.15, -0.1) is 0 Å². The van der Waals surface area contributed by atoms with Gasteiger partial charge in [0, 0.05) is 34.4 Å². The van der Waals surface area contributed by atoms with Crippen LogP contribution in [0.25, 0.3) is 11.1 Å². The molecule has 3 N–H and O–H groups in total. The van der Waals surface area contributed by atoms with Gasteiger partial charge in [-0.1, -0.05) is 23.2 Å². The summed E-state index contributed by atoms with van der Waals surface area (Å²) in [4.78, 5) is 1.73. The predicted octanol–water partition coefficient (Wildman–Crippen LogP) is 5.33. The number of alkyl halides is 3. The highest BCUT2D eigenvalue weighted by molar-refractivity contribution is 6.35. The first-order valence-electron chi connectivity index (χ1n) is 7.66. The molecule has 1 atom stereocenters. The highest BCUT2D eigenvalue weighted by Gasteiger charge is 2.43. The molecule has 1 unspecified atom stereocenters. The molecule has 8 heteroatoms. The van der Waals surface area contributed by atoms with Crippen LogP contribution in [0.15, 0.2) is 36.4 Å². The molecule has 25 heavy (non-hydrogen) atoms. The van der Waals surface area contributed by atoms with E-state index in [1.807, 2.05) is 0 Å². The minimum atomic E-state index is -4.17. The lowest BCUT2D eigenvalue weighted by atomic mass is 10.0. The number of nitrogens with two attached hydrogens (primary N) is 1. The van der Waals surface area contributed by atoms with Gasteiger partial charge in [0.15, 0.2) is 0 Å². The van der Waals surface area contributed by atoms with Crippen LogP contribution in [0.1, 0.15) is 6.42 Å². The van der Waals surface area contributed by atoms with Crippen molar-refractivity contribution in [2.75, 3.05) is 23.4 Å². The van der Waals surface area contributed by atoms with Gasteiger partial charge in [0.1, 0.15) is 0 Å². The molecule has 0 aliphatic carbocycles. The van der Waals surface area contributed by atoms with Crippen molar-refractivity contribution in [1.82, 2.24) is 0 Å². The second-order valence-corrected chi connectivity index (χ2v) is 6.88. The van der Waals surface area contributed by atoms with Crippen molar-refractivity contribution in [2.45, 2.75) is 12.6 Å². The number of nitrogen functional groups attached to an aromatic ring is 1. The number of nitrogens with one attached hydrogen (secondary N) is 1. The van der Waals surface area contributed by atoms with Gasteiger partial charge < -0.3 is 10.3 Å². The van der Waals surface area contributed by atoms with Crippen LogP contribution in [-0.2, 0) is 0 Å². The van der Waals surface area contributed by atoms with Gasteiger partial charge in [0.25, 0.3) is 0 Å². The number of hydrogen-bond donors (Lipinski definition) is 2. The van der Waals surface area contributed by atoms with Gasteiger partial charge in [-0.3, -0.25) is 5.84 Å². The monoisotopic (exact) mass is 389 g/mol. The lowest BCUT2D eigenvalue weighted by Crippen LogP contribution is -2.27. The van der Waals surface area contributed by atoms with E-state index in [0.717, 1.165) is 11.1 Å². The molecule has 1 fully saturated rings. The molecule has 0 bridgehead atoms. The van der Waals surface area contributed by atoms with Crippen molar-refractivity contribution in [3.05, 3.63) is 46.4 Å². The summed E-state index contributed by atoms with van der Waals surface area (Å²) in [5.74, 6) is 4.27. The second-order valence-electron chi connectivity index (χ2n) is 6.01. The SMILES string of the molecule is NNc1ccc(N2CCC(C(F)(F)F)C2)cc1-c1cc(Cl)cc(Cl)c1. The average molecular weight is 390 g/mol. The van der Waals surface area contributed by atoms with Gasteiger partial charge in [0.2, 0.25) is 0 Å². The van der Waals surface area contributed by atoms with Crippen molar-refractivity contribution in [1.29, 1.82) is 0 Å². The molecule has 0 aromatic heterocycles. The molecule has 134 valence electrons. The van der Waals surface area contributed by atoms with Gasteiger partial charge in [-0.2, -0.15) is 13.2 Å². The van der Waals surface area contributed by atoms with Gasteiger partial charge in [0.05, 0.1) is 11.6 Å². The van der Waals surface area contributed by atoms with E-state index in [1.165, 1.54) is 0 Å². The Balaban J connectivity index is 1.96. The predicted molar refractivity (Wildman–Crippen MR) is 96.1 cm³/mol. The van der Waals surface area contributed by atoms with Crippen LogP contribution < -0.4 is 16.2 Å². The van der Waals surface area contributed by atoms with Crippen LogP contribution in [0, 0.1) is 5.92 Å². The normalized spacial score (nSPS) is 17.8. The minimum Gasteiger partial charge on any atom is -0.371 e. The highest BCUT2D eigenvalue weighted by Crippen LogP contribution is 2.39. The first kappa shape index (κ1) is 18.2. The van der Waals surface area contributed by atoms with E-state index in [1.54, 1.807) is 41.3 Å². The van der Waals surface area contributed by atoms with Crippen LogP contribution in [0.2, 0.25) is 10.0 Å². The lowest BCUT2D eigenvalue weighted by Gasteiger charge is -2.22. The van der Waals surface area contributed by atoms with E-state index in [4.69, 9.17) is 29.0 Å². The molecular weight excluding hydrogens is 374 g/mol. The second kappa shape index (κ2) is 6.94. The smallest absolute Gasteiger partial charge is 0.371 e. The standard InChI is InChI=1S/C17H16Cl2F3N3/c18-12-5-10(6-13(19)7-12)15-8-14(1-2-16(15)24-23)25-4-3-11(9-25)17(20,21)22/h1-2,5-8,11,24H,3-4,9,23H2. The van der Waals surface area contributed by atoms with E-state index in [2.05, 4.69) is 5.43 Å². The molecule has 3 rings (SSSR count). The summed E-state index contributed by atoms with van der Waals surface area (Å²) in [5.41, 5.74) is 5.39. The summed E-state index contributed by atoms with van der Waals surface area (Å²) in [5, 5.41) is 0.934. The molecule has 0 spiro atoms. The number of hydrazine groups is 1. The maximum Gasteiger partial charge on any atom is 0.393 e. The Hall–Kier alpha value is -1.63. The van der Waals surface area contributed by atoms with Crippen molar-refractivity contribution in [3.8, 4) is 11.1 Å². The highest BCUT2D eigenvalue weighted by atomic mass is 35.5. The Labute approximate surface area is 153 Å². The Morgan fingerprint density at radius 2 is 1.76 bits per heavy atom. The zero-order chi connectivity index (χ0) is 18.2. The molecule has 3 nitrogen and oxygen atoms in total. The van der Waals surface area contributed by atoms with Crippen LogP contribution in [0.4, 0.5) is 24.5 Å². The molecule has 1 aliphatic heterocycles. The number of benzene rings is 2. The van der Waals surface area contributed by atoms with Crippen molar-refractivity contribution in [3.63, 3.8) is 0 Å². The summed E-state index contributed by atoms with van der Waals surface area (Å²) >= 11 is 12.1. The number of hydrogen-bond acceptors (Lipinski definition) is 3. The van der Waals surface area contributed by atoms with Crippen LogP contribution >= 0.6 is 23.2 Å². The van der Waals surface area contributed by atoms with Crippen LogP contribution in [0.5, 0.6) is 0 Å². The maximum absolute atomic E-state index is 12.9. The van der Waals surface area contributed by atoms with Gasteiger partial charge >= 0.3 is 6.18 Å². The van der Waals surface area contributed by atoms with Crippen LogP contribution in [0.3, 0.4) is 0 Å². The summed E-state index contributed by atoms with van der Waals surface area (Å²) < 4.78 is 38.8. The molecule has 1 heterocycles. The van der Waals surface area contributed by atoms with Gasteiger partial charge in [-0.25, -0.2) is 0 Å². The quantitative estimate of drug-likeness (QED) is 0.550. The Morgan fingerprint density at radius 1 is 1.08 bits per heavy atom. The van der Waals surface area contributed by atoms with Crippen molar-refractivity contribution >= 4 is 34.6 Å². The van der Waals surface area contributed by atoms with Crippen molar-refractivity contribution in [2.24, 2.45) is 11.8 Å². The first-order valence-corrected chi connectivity index (χ1v) is 8.42. The summed E-state index contributed by atoms with van der Waals surface area (Å²) in [7, 11) is 0. The molecule has 2 aromatic carbocycles. The van der Waals surface area contributed by atoms with E-state index < -0.39 is 12.1 Å². The van der Waals surface area contributed by atoms with E-state index >= 15 is 0 Å². The zero-order valence-electron chi connectivity index (χ0n) is 13.1. The third-order valence-corrected chi connectivity index (χ3v) is 4.78. The molecule has 0 radical (unpaired) electrons. The number of nitrogens with zero attached hydrogens (tertiary/aromatic N) is 1. The molecule has 1 saturated heterocycles. The first-order chi connectivity index (χ1) is 11.8. The Bertz CT molecular complexity index is 760. The summed E-state index contributed by atoms with van der Waals surface area (Å²) in [6.45, 7) is 0.309. The fourth-order valence-corrected chi connectivity index (χ4v) is 3.59. The Morgan fingerprint density at radius 3 is 2.32 bits per heavy atom. The minimum absolute atomic E-state index is 0.0470. The molecular formula is C17H16Cl2F3N3. The largest absolute Gasteiger partial charge is 0.393 e. The summed E-state index contributed by atoms with van der Waals surface area (Å²) in [6.07, 6.45) is -4.07. The Kier molecular flexibility index (Phi) is 5.04. The van der Waals surface area contributed by atoms with E-state index in [9.17, 15) is 13.2 Å². The third-order valence-electron chi connectivity index (χ3n) is 4.35. The van der Waals surface area contributed by atoms with E-state index in [-0.39, 0.29) is 13.0 Å². The fourth-order valence-electron chi connectivity index (χ4n) is 3.06. The molecule has 0 saturated carbocycles. The third kappa shape index (κ3) is 3.97. The van der Waals surface area contributed by atoms with Crippen LogP contribution in [-0.4, -0.2) is 19.3 Å². The molecule has 1 aliphatic rings. The zero-order valence-corrected chi connectivity index (χ0v) is 14.6. The number of rotatable bonds is 3. The van der Waals surface area contributed by atoms with Gasteiger partial charge in [-0.05, 0) is 48.4 Å². The fraction of sp³-hybridized carbons (Fsp3) is 0.294. The van der Waals surface area contributed by atoms with Crippen molar-refractivity contribution < 1.29 is 13.2 Å². The number of halogens is 5. The summed E-state index contributed by atoms with van der Waals surface area (Å²) in [6, 6.07) is 10.4. The average Bonchev–Trinajstić information content (AvgIpc) is 3.03. The van der Waals surface area contributed by atoms with E-state index in [0.29, 0.717) is 28.0 Å².